The van der Waals surface area contributed by atoms with Gasteiger partial charge in [-0.05, 0) is 30.0 Å². The molecule has 0 heterocycles. The van der Waals surface area contributed by atoms with Gasteiger partial charge in [-0.3, -0.25) is 4.79 Å². The SMILES string of the molecule is CCc1ccccc1NC(=O)CC(C)(C)CN. The Kier molecular flexibility index (Phi) is 4.70. The highest BCUT2D eigenvalue weighted by Gasteiger charge is 2.20. The summed E-state index contributed by atoms with van der Waals surface area (Å²) in [4.78, 5) is 11.9. The largest absolute Gasteiger partial charge is 0.330 e. The van der Waals surface area contributed by atoms with Crippen molar-refractivity contribution in [1.29, 1.82) is 0 Å². The lowest BCUT2D eigenvalue weighted by molar-refractivity contribution is -0.117. The van der Waals surface area contributed by atoms with Gasteiger partial charge >= 0.3 is 0 Å². The molecular weight excluding hydrogens is 212 g/mol. The zero-order valence-electron chi connectivity index (χ0n) is 10.9. The summed E-state index contributed by atoms with van der Waals surface area (Å²) < 4.78 is 0. The van der Waals surface area contributed by atoms with Crippen molar-refractivity contribution in [2.24, 2.45) is 11.1 Å². The number of aryl methyl sites for hydroxylation is 1. The van der Waals surface area contributed by atoms with E-state index in [-0.39, 0.29) is 11.3 Å². The molecule has 0 unspecified atom stereocenters. The lowest BCUT2D eigenvalue weighted by Crippen LogP contribution is -2.29. The van der Waals surface area contributed by atoms with Crippen LogP contribution in [0.2, 0.25) is 0 Å². The second-order valence-electron chi connectivity index (χ2n) is 5.10. The molecule has 3 heteroatoms. The van der Waals surface area contributed by atoms with Crippen molar-refractivity contribution in [2.75, 3.05) is 11.9 Å². The Morgan fingerprint density at radius 3 is 2.59 bits per heavy atom. The molecule has 0 saturated heterocycles. The van der Waals surface area contributed by atoms with Gasteiger partial charge in [0.2, 0.25) is 5.91 Å². The molecule has 17 heavy (non-hydrogen) atoms. The minimum Gasteiger partial charge on any atom is -0.330 e. The fourth-order valence-electron chi connectivity index (χ4n) is 1.65. The molecule has 0 aliphatic rings. The van der Waals surface area contributed by atoms with E-state index < -0.39 is 0 Å². The lowest BCUT2D eigenvalue weighted by Gasteiger charge is -2.21. The number of hydrogen-bond acceptors (Lipinski definition) is 2. The maximum absolute atomic E-state index is 11.9. The summed E-state index contributed by atoms with van der Waals surface area (Å²) in [6.45, 7) is 6.58. The fraction of sp³-hybridized carbons (Fsp3) is 0.500. The summed E-state index contributed by atoms with van der Waals surface area (Å²) in [5, 5.41) is 2.96. The predicted octanol–water partition coefficient (Wildman–Crippen LogP) is 2.56. The summed E-state index contributed by atoms with van der Waals surface area (Å²) in [5.41, 5.74) is 7.55. The van der Waals surface area contributed by atoms with Crippen LogP contribution in [0, 0.1) is 5.41 Å². The van der Waals surface area contributed by atoms with Crippen LogP contribution >= 0.6 is 0 Å². The van der Waals surface area contributed by atoms with E-state index in [1.165, 1.54) is 0 Å². The number of carbonyl (C=O) groups is 1. The Morgan fingerprint density at radius 1 is 1.35 bits per heavy atom. The van der Waals surface area contributed by atoms with Gasteiger partial charge in [-0.2, -0.15) is 0 Å². The van der Waals surface area contributed by atoms with Crippen LogP contribution in [-0.4, -0.2) is 12.5 Å². The Balaban J connectivity index is 2.68. The smallest absolute Gasteiger partial charge is 0.224 e. The number of anilines is 1. The summed E-state index contributed by atoms with van der Waals surface area (Å²) in [6, 6.07) is 7.89. The second-order valence-corrected chi connectivity index (χ2v) is 5.10. The molecule has 1 rings (SSSR count). The average Bonchev–Trinajstić information content (AvgIpc) is 2.29. The minimum atomic E-state index is -0.148. The Morgan fingerprint density at radius 2 is 2.00 bits per heavy atom. The number of para-hydroxylation sites is 1. The van der Waals surface area contributed by atoms with Crippen molar-refractivity contribution >= 4 is 11.6 Å². The third-order valence-corrected chi connectivity index (χ3v) is 2.86. The average molecular weight is 234 g/mol. The molecule has 1 aromatic rings. The standard InChI is InChI=1S/C14H22N2O/c1-4-11-7-5-6-8-12(11)16-13(17)9-14(2,3)10-15/h5-8H,4,9-10,15H2,1-3H3,(H,16,17). The molecule has 1 amide bonds. The molecule has 0 aliphatic heterocycles. The van der Waals surface area contributed by atoms with E-state index in [0.717, 1.165) is 17.7 Å². The second kappa shape index (κ2) is 5.82. The first-order valence-electron chi connectivity index (χ1n) is 6.06. The van der Waals surface area contributed by atoms with E-state index in [1.54, 1.807) is 0 Å². The topological polar surface area (TPSA) is 55.1 Å². The molecule has 3 nitrogen and oxygen atoms in total. The number of benzene rings is 1. The summed E-state index contributed by atoms with van der Waals surface area (Å²) in [6.07, 6.45) is 1.36. The van der Waals surface area contributed by atoms with E-state index in [0.29, 0.717) is 13.0 Å². The Labute approximate surface area is 103 Å². The first-order valence-corrected chi connectivity index (χ1v) is 6.06. The van der Waals surface area contributed by atoms with E-state index in [9.17, 15) is 4.79 Å². The highest BCUT2D eigenvalue weighted by molar-refractivity contribution is 5.91. The van der Waals surface area contributed by atoms with Gasteiger partial charge in [-0.1, -0.05) is 39.0 Å². The predicted molar refractivity (Wildman–Crippen MR) is 71.9 cm³/mol. The molecule has 0 aliphatic carbocycles. The van der Waals surface area contributed by atoms with Gasteiger partial charge in [0.05, 0.1) is 0 Å². The third-order valence-electron chi connectivity index (χ3n) is 2.86. The Hall–Kier alpha value is -1.35. The zero-order chi connectivity index (χ0) is 12.9. The fourth-order valence-corrected chi connectivity index (χ4v) is 1.65. The summed E-state index contributed by atoms with van der Waals surface area (Å²) in [7, 11) is 0. The van der Waals surface area contributed by atoms with Crippen LogP contribution in [0.1, 0.15) is 32.8 Å². The summed E-state index contributed by atoms with van der Waals surface area (Å²) >= 11 is 0. The van der Waals surface area contributed by atoms with Crippen molar-refractivity contribution in [2.45, 2.75) is 33.6 Å². The molecule has 0 radical (unpaired) electrons. The molecule has 0 bridgehead atoms. The van der Waals surface area contributed by atoms with Crippen LogP contribution in [0.4, 0.5) is 5.69 Å². The van der Waals surface area contributed by atoms with Crippen LogP contribution in [0.25, 0.3) is 0 Å². The van der Waals surface area contributed by atoms with Crippen LogP contribution in [0.15, 0.2) is 24.3 Å². The van der Waals surface area contributed by atoms with E-state index in [1.807, 2.05) is 38.1 Å². The summed E-state index contributed by atoms with van der Waals surface area (Å²) in [5.74, 6) is 0.0290. The molecule has 0 saturated carbocycles. The minimum absolute atomic E-state index is 0.0290. The van der Waals surface area contributed by atoms with Gasteiger partial charge in [0.25, 0.3) is 0 Å². The lowest BCUT2D eigenvalue weighted by atomic mass is 9.89. The number of hydrogen-bond donors (Lipinski definition) is 2. The van der Waals surface area contributed by atoms with Gasteiger partial charge in [-0.25, -0.2) is 0 Å². The maximum Gasteiger partial charge on any atom is 0.224 e. The first-order chi connectivity index (χ1) is 7.98. The molecule has 0 aromatic heterocycles. The van der Waals surface area contributed by atoms with Gasteiger partial charge in [0, 0.05) is 12.1 Å². The molecular formula is C14H22N2O. The number of amides is 1. The number of nitrogens with one attached hydrogen (secondary N) is 1. The van der Waals surface area contributed by atoms with Crippen LogP contribution in [0.3, 0.4) is 0 Å². The zero-order valence-corrected chi connectivity index (χ0v) is 10.9. The monoisotopic (exact) mass is 234 g/mol. The molecule has 94 valence electrons. The molecule has 0 fully saturated rings. The van der Waals surface area contributed by atoms with Crippen molar-refractivity contribution < 1.29 is 4.79 Å². The maximum atomic E-state index is 11.9. The third kappa shape index (κ3) is 4.19. The van der Waals surface area contributed by atoms with Gasteiger partial charge < -0.3 is 11.1 Å². The van der Waals surface area contributed by atoms with Crippen molar-refractivity contribution in [3.05, 3.63) is 29.8 Å². The number of carbonyl (C=O) groups excluding carboxylic acids is 1. The normalized spacial score (nSPS) is 11.3. The highest BCUT2D eigenvalue weighted by atomic mass is 16.1. The number of nitrogens with two attached hydrogens (primary N) is 1. The van der Waals surface area contributed by atoms with E-state index in [2.05, 4.69) is 12.2 Å². The molecule has 1 aromatic carbocycles. The van der Waals surface area contributed by atoms with Crippen LogP contribution in [-0.2, 0) is 11.2 Å². The quantitative estimate of drug-likeness (QED) is 0.822. The van der Waals surface area contributed by atoms with Gasteiger partial charge in [-0.15, -0.1) is 0 Å². The Bertz CT molecular complexity index is 386. The molecule has 0 atom stereocenters. The van der Waals surface area contributed by atoms with Crippen molar-refractivity contribution in [3.63, 3.8) is 0 Å². The molecule has 3 N–H and O–H groups in total. The van der Waals surface area contributed by atoms with E-state index >= 15 is 0 Å². The van der Waals surface area contributed by atoms with Gasteiger partial charge in [0.15, 0.2) is 0 Å². The van der Waals surface area contributed by atoms with Crippen LogP contribution < -0.4 is 11.1 Å². The van der Waals surface area contributed by atoms with Gasteiger partial charge in [0.1, 0.15) is 0 Å². The highest BCUT2D eigenvalue weighted by Crippen LogP contribution is 2.21. The van der Waals surface area contributed by atoms with Crippen molar-refractivity contribution in [1.82, 2.24) is 0 Å². The van der Waals surface area contributed by atoms with Crippen LogP contribution in [0.5, 0.6) is 0 Å². The van der Waals surface area contributed by atoms with E-state index in [4.69, 9.17) is 5.73 Å². The first kappa shape index (κ1) is 13.7. The number of rotatable bonds is 5. The molecule has 0 spiro atoms. The van der Waals surface area contributed by atoms with Crippen molar-refractivity contribution in [3.8, 4) is 0 Å².